The zero-order chi connectivity index (χ0) is 15.5. The quantitative estimate of drug-likeness (QED) is 0.723. The van der Waals surface area contributed by atoms with Crippen LogP contribution in [0.5, 0.6) is 0 Å². The third-order valence-corrected chi connectivity index (χ3v) is 4.17. The van der Waals surface area contributed by atoms with Crippen molar-refractivity contribution in [1.82, 2.24) is 20.1 Å². The van der Waals surface area contributed by atoms with Gasteiger partial charge >= 0.3 is 5.97 Å². The largest absolute Gasteiger partial charge is 0.480 e. The molecular weight excluding hydrogens is 268 g/mol. The Hall–Kier alpha value is -1.43. The normalized spacial score (nSPS) is 17.7. The van der Waals surface area contributed by atoms with Crippen LogP contribution in [0.15, 0.2) is 0 Å². The van der Waals surface area contributed by atoms with E-state index in [1.807, 2.05) is 13.8 Å². The molecule has 1 aliphatic carbocycles. The van der Waals surface area contributed by atoms with Crippen molar-refractivity contribution in [3.63, 3.8) is 0 Å². The molecule has 1 aromatic heterocycles. The molecule has 118 valence electrons. The van der Waals surface area contributed by atoms with Crippen molar-refractivity contribution in [3.8, 4) is 0 Å². The fourth-order valence-corrected chi connectivity index (χ4v) is 2.77. The summed E-state index contributed by atoms with van der Waals surface area (Å²) in [6.07, 6.45) is 4.40. The number of hydrogen-bond donors (Lipinski definition) is 2. The summed E-state index contributed by atoms with van der Waals surface area (Å²) >= 11 is 0. The molecule has 6 heteroatoms. The minimum atomic E-state index is -0.904. The van der Waals surface area contributed by atoms with Gasteiger partial charge in [-0.1, -0.05) is 20.8 Å². The highest BCUT2D eigenvalue weighted by molar-refractivity contribution is 5.79. The molecule has 0 radical (unpaired) electrons. The number of aryl methyl sites for hydroxylation is 2. The van der Waals surface area contributed by atoms with E-state index >= 15 is 0 Å². The lowest BCUT2D eigenvalue weighted by molar-refractivity contribution is -0.147. The van der Waals surface area contributed by atoms with E-state index in [0.29, 0.717) is 13.1 Å². The first-order valence-electron chi connectivity index (χ1n) is 7.98. The molecule has 1 aromatic rings. The highest BCUT2D eigenvalue weighted by Crippen LogP contribution is 2.41. The lowest BCUT2D eigenvalue weighted by atomic mass is 9.92. The monoisotopic (exact) mass is 294 g/mol. The third-order valence-electron chi connectivity index (χ3n) is 4.17. The van der Waals surface area contributed by atoms with E-state index in [2.05, 4.69) is 22.3 Å². The molecular formula is C15H26N4O2. The molecule has 1 saturated carbocycles. The van der Waals surface area contributed by atoms with E-state index in [9.17, 15) is 9.90 Å². The number of nitrogens with one attached hydrogen (secondary N) is 1. The zero-order valence-electron chi connectivity index (χ0n) is 13.2. The lowest BCUT2D eigenvalue weighted by Crippen LogP contribution is -2.57. The van der Waals surface area contributed by atoms with E-state index in [1.165, 1.54) is 0 Å². The van der Waals surface area contributed by atoms with Crippen LogP contribution in [0, 0.1) is 5.92 Å². The van der Waals surface area contributed by atoms with Crippen LogP contribution in [-0.4, -0.2) is 37.9 Å². The van der Waals surface area contributed by atoms with Crippen molar-refractivity contribution in [3.05, 3.63) is 11.6 Å². The van der Waals surface area contributed by atoms with E-state index < -0.39 is 11.5 Å². The Morgan fingerprint density at radius 2 is 2.10 bits per heavy atom. The number of carboxylic acids is 1. The summed E-state index contributed by atoms with van der Waals surface area (Å²) in [4.78, 5) is 16.4. The summed E-state index contributed by atoms with van der Waals surface area (Å²) < 4.78 is 1.80. The fraction of sp³-hybridized carbons (Fsp3) is 0.800. The maximum absolute atomic E-state index is 12.0. The summed E-state index contributed by atoms with van der Waals surface area (Å²) in [7, 11) is 0. The standard InChI is InChI=1S/C15H26N4O2/c1-4-9-16-15(14(20)21,11-7-8-11)10-19-13(6-3)17-12(5-2)18-19/h11,16H,4-10H2,1-3H3,(H,20,21). The predicted octanol–water partition coefficient (Wildman–Crippen LogP) is 1.64. The van der Waals surface area contributed by atoms with Crippen LogP contribution in [-0.2, 0) is 24.2 Å². The average Bonchev–Trinajstić information content (AvgIpc) is 3.25. The summed E-state index contributed by atoms with van der Waals surface area (Å²) in [5.74, 6) is 1.09. The second-order valence-corrected chi connectivity index (χ2v) is 5.79. The van der Waals surface area contributed by atoms with Gasteiger partial charge in [0.05, 0.1) is 6.54 Å². The van der Waals surface area contributed by atoms with E-state index in [4.69, 9.17) is 0 Å². The maximum Gasteiger partial charge on any atom is 0.326 e. The SMILES string of the molecule is CCCNC(Cn1nc(CC)nc1CC)(C(=O)O)C1CC1. The second-order valence-electron chi connectivity index (χ2n) is 5.79. The summed E-state index contributed by atoms with van der Waals surface area (Å²) in [5, 5.41) is 17.6. The van der Waals surface area contributed by atoms with Crippen LogP contribution in [0.3, 0.4) is 0 Å². The Bertz CT molecular complexity index is 496. The third kappa shape index (κ3) is 3.26. The van der Waals surface area contributed by atoms with Crippen LogP contribution in [0.1, 0.15) is 51.7 Å². The molecule has 0 bridgehead atoms. The summed E-state index contributed by atoms with van der Waals surface area (Å²) in [6, 6.07) is 0. The van der Waals surface area contributed by atoms with Crippen LogP contribution in [0.2, 0.25) is 0 Å². The van der Waals surface area contributed by atoms with Crippen molar-refractivity contribution < 1.29 is 9.90 Å². The van der Waals surface area contributed by atoms with Gasteiger partial charge in [-0.05, 0) is 31.7 Å². The Morgan fingerprint density at radius 3 is 2.57 bits per heavy atom. The molecule has 1 fully saturated rings. The van der Waals surface area contributed by atoms with Crippen molar-refractivity contribution >= 4 is 5.97 Å². The van der Waals surface area contributed by atoms with E-state index in [0.717, 1.165) is 43.8 Å². The summed E-state index contributed by atoms with van der Waals surface area (Å²) in [5.41, 5.74) is -0.904. The molecule has 21 heavy (non-hydrogen) atoms. The number of rotatable bonds is 9. The average molecular weight is 294 g/mol. The number of carbonyl (C=O) groups is 1. The molecule has 1 aliphatic rings. The van der Waals surface area contributed by atoms with Gasteiger partial charge in [0.15, 0.2) is 5.82 Å². The summed E-state index contributed by atoms with van der Waals surface area (Å²) in [6.45, 7) is 7.16. The van der Waals surface area contributed by atoms with Crippen molar-refractivity contribution in [2.45, 2.75) is 65.0 Å². The predicted molar refractivity (Wildman–Crippen MR) is 80.2 cm³/mol. The van der Waals surface area contributed by atoms with Crippen LogP contribution < -0.4 is 5.32 Å². The number of nitrogens with zero attached hydrogens (tertiary/aromatic N) is 3. The van der Waals surface area contributed by atoms with Gasteiger partial charge in [-0.15, -0.1) is 0 Å². The smallest absolute Gasteiger partial charge is 0.326 e. The van der Waals surface area contributed by atoms with Crippen molar-refractivity contribution in [1.29, 1.82) is 0 Å². The number of aliphatic carboxylic acids is 1. The van der Waals surface area contributed by atoms with Crippen LogP contribution in [0.4, 0.5) is 0 Å². The lowest BCUT2D eigenvalue weighted by Gasteiger charge is -2.31. The Balaban J connectivity index is 2.29. The van der Waals surface area contributed by atoms with Gasteiger partial charge < -0.3 is 10.4 Å². The van der Waals surface area contributed by atoms with Crippen molar-refractivity contribution in [2.75, 3.05) is 6.54 Å². The Labute approximate surface area is 126 Å². The van der Waals surface area contributed by atoms with E-state index in [-0.39, 0.29) is 5.92 Å². The molecule has 0 aliphatic heterocycles. The highest BCUT2D eigenvalue weighted by Gasteiger charge is 2.51. The van der Waals surface area contributed by atoms with Gasteiger partial charge in [0.1, 0.15) is 11.4 Å². The van der Waals surface area contributed by atoms with Gasteiger partial charge in [-0.25, -0.2) is 9.67 Å². The molecule has 0 saturated heterocycles. The molecule has 0 spiro atoms. The minimum Gasteiger partial charge on any atom is -0.480 e. The maximum atomic E-state index is 12.0. The van der Waals surface area contributed by atoms with Crippen LogP contribution in [0.25, 0.3) is 0 Å². The Morgan fingerprint density at radius 1 is 1.38 bits per heavy atom. The number of carboxylic acid groups (broad SMARTS) is 1. The minimum absolute atomic E-state index is 0.195. The van der Waals surface area contributed by atoms with Crippen molar-refractivity contribution in [2.24, 2.45) is 5.92 Å². The Kier molecular flexibility index (Phi) is 4.98. The van der Waals surface area contributed by atoms with Crippen LogP contribution >= 0.6 is 0 Å². The topological polar surface area (TPSA) is 80.0 Å². The molecule has 1 heterocycles. The molecule has 1 atom stereocenters. The number of hydrogen-bond acceptors (Lipinski definition) is 4. The first kappa shape index (κ1) is 15.9. The molecule has 6 nitrogen and oxygen atoms in total. The first-order chi connectivity index (χ1) is 10.1. The van der Waals surface area contributed by atoms with Gasteiger partial charge in [-0.3, -0.25) is 4.79 Å². The molecule has 2 N–H and O–H groups in total. The van der Waals surface area contributed by atoms with E-state index in [1.54, 1.807) is 4.68 Å². The highest BCUT2D eigenvalue weighted by atomic mass is 16.4. The fourth-order valence-electron chi connectivity index (χ4n) is 2.77. The molecule has 1 unspecified atom stereocenters. The zero-order valence-corrected chi connectivity index (χ0v) is 13.2. The van der Waals surface area contributed by atoms with Gasteiger partial charge in [-0.2, -0.15) is 5.10 Å². The van der Waals surface area contributed by atoms with Gasteiger partial charge in [0.25, 0.3) is 0 Å². The molecule has 0 aromatic carbocycles. The molecule has 2 rings (SSSR count). The first-order valence-corrected chi connectivity index (χ1v) is 7.98. The second kappa shape index (κ2) is 6.56. The molecule has 0 amide bonds. The van der Waals surface area contributed by atoms with Gasteiger partial charge in [0.2, 0.25) is 0 Å². The van der Waals surface area contributed by atoms with Gasteiger partial charge in [0, 0.05) is 12.8 Å². The number of aromatic nitrogens is 3.